The number of sulfonamides is 1. The Hall–Kier alpha value is -0.850. The number of hydrogen-bond acceptors (Lipinski definition) is 3. The molecule has 0 amide bonds. The van der Waals surface area contributed by atoms with Gasteiger partial charge in [-0.3, -0.25) is 0 Å². The van der Waals surface area contributed by atoms with Gasteiger partial charge in [-0.1, -0.05) is 13.8 Å². The first-order valence-electron chi connectivity index (χ1n) is 6.52. The number of aliphatic hydroxyl groups is 1. The van der Waals surface area contributed by atoms with Crippen molar-refractivity contribution in [2.75, 3.05) is 13.1 Å². The summed E-state index contributed by atoms with van der Waals surface area (Å²) < 4.78 is 28.2. The Kier molecular flexibility index (Phi) is 3.77. The standard InChI is InChI=1S/C13H22N2O3S/c1-13(2)4-6-15(7-5-13)19(17,18)12-8-11(10-16)14(3)9-12/h8-9,16H,4-7,10H2,1-3H3. The van der Waals surface area contributed by atoms with Gasteiger partial charge in [0.1, 0.15) is 4.90 Å². The van der Waals surface area contributed by atoms with Crippen molar-refractivity contribution >= 4 is 10.0 Å². The minimum atomic E-state index is -3.42. The van der Waals surface area contributed by atoms with Crippen LogP contribution in [-0.4, -0.2) is 35.5 Å². The SMILES string of the molecule is Cn1cc(S(=O)(=O)N2CCC(C)(C)CC2)cc1CO. The first-order chi connectivity index (χ1) is 8.76. The average molecular weight is 286 g/mol. The van der Waals surface area contributed by atoms with Crippen LogP contribution in [0.4, 0.5) is 0 Å². The van der Waals surface area contributed by atoms with E-state index in [1.807, 2.05) is 0 Å². The molecule has 0 spiro atoms. The van der Waals surface area contributed by atoms with Crippen molar-refractivity contribution in [1.29, 1.82) is 0 Å². The van der Waals surface area contributed by atoms with Gasteiger partial charge in [0.05, 0.1) is 6.61 Å². The Bertz CT molecular complexity index is 550. The third kappa shape index (κ3) is 2.85. The quantitative estimate of drug-likeness (QED) is 0.912. The van der Waals surface area contributed by atoms with Crippen LogP contribution in [0.2, 0.25) is 0 Å². The summed E-state index contributed by atoms with van der Waals surface area (Å²) in [6.07, 6.45) is 3.33. The molecule has 0 aliphatic carbocycles. The molecule has 5 nitrogen and oxygen atoms in total. The van der Waals surface area contributed by atoms with Crippen LogP contribution in [0.25, 0.3) is 0 Å². The molecule has 1 aliphatic heterocycles. The molecule has 2 rings (SSSR count). The van der Waals surface area contributed by atoms with Crippen molar-refractivity contribution < 1.29 is 13.5 Å². The van der Waals surface area contributed by atoms with Gasteiger partial charge in [-0.2, -0.15) is 4.31 Å². The molecule has 1 fully saturated rings. The number of aromatic nitrogens is 1. The van der Waals surface area contributed by atoms with E-state index >= 15 is 0 Å². The first kappa shape index (κ1) is 14.6. The van der Waals surface area contributed by atoms with Gasteiger partial charge in [0.2, 0.25) is 10.0 Å². The maximum absolute atomic E-state index is 12.5. The van der Waals surface area contributed by atoms with Gasteiger partial charge in [-0.25, -0.2) is 8.42 Å². The Labute approximate surface area is 114 Å². The van der Waals surface area contributed by atoms with Crippen LogP contribution < -0.4 is 0 Å². The Balaban J connectivity index is 2.23. The highest BCUT2D eigenvalue weighted by atomic mass is 32.2. The smallest absolute Gasteiger partial charge is 0.244 e. The zero-order chi connectivity index (χ0) is 14.3. The van der Waals surface area contributed by atoms with E-state index in [1.165, 1.54) is 0 Å². The number of piperidine rings is 1. The van der Waals surface area contributed by atoms with Crippen molar-refractivity contribution in [3.8, 4) is 0 Å². The van der Waals surface area contributed by atoms with E-state index in [4.69, 9.17) is 5.11 Å². The molecule has 0 unspecified atom stereocenters. The zero-order valence-electron chi connectivity index (χ0n) is 11.8. The second-order valence-electron chi connectivity index (χ2n) is 6.00. The second-order valence-corrected chi connectivity index (χ2v) is 7.94. The normalized spacial score (nSPS) is 20.6. The lowest BCUT2D eigenvalue weighted by atomic mass is 9.83. The summed E-state index contributed by atoms with van der Waals surface area (Å²) in [5, 5.41) is 9.15. The fraction of sp³-hybridized carbons (Fsp3) is 0.692. The van der Waals surface area contributed by atoms with Crippen molar-refractivity contribution in [2.45, 2.75) is 38.2 Å². The summed E-state index contributed by atoms with van der Waals surface area (Å²) in [5.41, 5.74) is 0.829. The zero-order valence-corrected chi connectivity index (χ0v) is 12.6. The van der Waals surface area contributed by atoms with Crippen LogP contribution in [0.1, 0.15) is 32.4 Å². The molecule has 6 heteroatoms. The molecule has 1 N–H and O–H groups in total. The molecule has 2 heterocycles. The molecule has 1 aromatic heterocycles. The molecule has 19 heavy (non-hydrogen) atoms. The number of rotatable bonds is 3. The summed E-state index contributed by atoms with van der Waals surface area (Å²) >= 11 is 0. The molecule has 0 aromatic carbocycles. The van der Waals surface area contributed by atoms with E-state index in [2.05, 4.69) is 13.8 Å². The van der Waals surface area contributed by atoms with Gasteiger partial charge >= 0.3 is 0 Å². The van der Waals surface area contributed by atoms with Crippen LogP contribution >= 0.6 is 0 Å². The Morgan fingerprint density at radius 3 is 2.37 bits per heavy atom. The number of aryl methyl sites for hydroxylation is 1. The summed E-state index contributed by atoms with van der Waals surface area (Å²) in [6, 6.07) is 1.55. The van der Waals surface area contributed by atoms with Gasteiger partial charge < -0.3 is 9.67 Å². The second kappa shape index (κ2) is 4.92. The summed E-state index contributed by atoms with van der Waals surface area (Å²) in [7, 11) is -1.68. The minimum Gasteiger partial charge on any atom is -0.390 e. The lowest BCUT2D eigenvalue weighted by Gasteiger charge is -2.35. The van der Waals surface area contributed by atoms with E-state index in [0.29, 0.717) is 18.8 Å². The first-order valence-corrected chi connectivity index (χ1v) is 7.96. The topological polar surface area (TPSA) is 62.5 Å². The highest BCUT2D eigenvalue weighted by Gasteiger charge is 2.33. The minimum absolute atomic E-state index is 0.154. The monoisotopic (exact) mass is 286 g/mol. The van der Waals surface area contributed by atoms with E-state index in [1.54, 1.807) is 28.2 Å². The lowest BCUT2D eigenvalue weighted by Crippen LogP contribution is -2.40. The molecule has 108 valence electrons. The molecule has 1 aliphatic rings. The van der Waals surface area contributed by atoms with E-state index < -0.39 is 10.0 Å². The Morgan fingerprint density at radius 2 is 1.89 bits per heavy atom. The highest BCUT2D eigenvalue weighted by Crippen LogP contribution is 2.32. The van der Waals surface area contributed by atoms with Crippen LogP contribution in [0, 0.1) is 5.41 Å². The fourth-order valence-corrected chi connectivity index (χ4v) is 3.89. The van der Waals surface area contributed by atoms with Gasteiger partial charge in [-0.05, 0) is 24.3 Å². The molecule has 0 radical (unpaired) electrons. The summed E-state index contributed by atoms with van der Waals surface area (Å²) in [5.74, 6) is 0. The largest absolute Gasteiger partial charge is 0.390 e. The van der Waals surface area contributed by atoms with Crippen molar-refractivity contribution in [2.24, 2.45) is 12.5 Å². The van der Waals surface area contributed by atoms with Crippen LogP contribution in [0.3, 0.4) is 0 Å². The van der Waals surface area contributed by atoms with E-state index in [-0.39, 0.29) is 16.9 Å². The van der Waals surface area contributed by atoms with E-state index in [9.17, 15) is 8.42 Å². The lowest BCUT2D eigenvalue weighted by molar-refractivity contribution is 0.196. The average Bonchev–Trinajstić information content (AvgIpc) is 2.70. The predicted molar refractivity (Wildman–Crippen MR) is 73.1 cm³/mol. The molecule has 1 aromatic rings. The number of nitrogens with zero attached hydrogens (tertiary/aromatic N) is 2. The molecule has 0 atom stereocenters. The van der Waals surface area contributed by atoms with Crippen molar-refractivity contribution in [3.05, 3.63) is 18.0 Å². The van der Waals surface area contributed by atoms with Gasteiger partial charge in [0, 0.05) is 32.0 Å². The molecule has 0 saturated carbocycles. The van der Waals surface area contributed by atoms with Crippen molar-refractivity contribution in [1.82, 2.24) is 8.87 Å². The van der Waals surface area contributed by atoms with Gasteiger partial charge in [-0.15, -0.1) is 0 Å². The number of hydrogen-bond donors (Lipinski definition) is 1. The summed E-state index contributed by atoms with van der Waals surface area (Å²) in [4.78, 5) is 0.277. The van der Waals surface area contributed by atoms with Crippen LogP contribution in [0.15, 0.2) is 17.2 Å². The molecule has 0 bridgehead atoms. The molecular formula is C13H22N2O3S. The Morgan fingerprint density at radius 1 is 1.32 bits per heavy atom. The van der Waals surface area contributed by atoms with Gasteiger partial charge in [0.15, 0.2) is 0 Å². The van der Waals surface area contributed by atoms with Crippen LogP contribution in [0.5, 0.6) is 0 Å². The predicted octanol–water partition coefficient (Wildman–Crippen LogP) is 1.33. The fourth-order valence-electron chi connectivity index (χ4n) is 2.36. The summed E-state index contributed by atoms with van der Waals surface area (Å²) in [6.45, 7) is 5.32. The molecular weight excluding hydrogens is 264 g/mol. The third-order valence-corrected chi connectivity index (χ3v) is 5.82. The van der Waals surface area contributed by atoms with Crippen LogP contribution in [-0.2, 0) is 23.7 Å². The molecule has 1 saturated heterocycles. The maximum Gasteiger partial charge on any atom is 0.244 e. The van der Waals surface area contributed by atoms with E-state index in [0.717, 1.165) is 12.8 Å². The van der Waals surface area contributed by atoms with Gasteiger partial charge in [0.25, 0.3) is 0 Å². The highest BCUT2D eigenvalue weighted by molar-refractivity contribution is 7.89. The maximum atomic E-state index is 12.5. The third-order valence-electron chi connectivity index (χ3n) is 3.96. The number of aliphatic hydroxyl groups excluding tert-OH is 1. The van der Waals surface area contributed by atoms with Crippen molar-refractivity contribution in [3.63, 3.8) is 0 Å².